The molecule has 0 unspecified atom stereocenters. The third-order valence-electron chi connectivity index (χ3n) is 6.15. The first-order valence-corrected chi connectivity index (χ1v) is 13.0. The maximum absolute atomic E-state index is 13.0. The lowest BCUT2D eigenvalue weighted by Gasteiger charge is -2.23. The normalized spacial score (nSPS) is 15.1. The number of likely N-dealkylation sites (N-methyl/N-ethyl adjacent to an activating group) is 1. The Balaban J connectivity index is 5.01. The Morgan fingerprint density at radius 1 is 0.676 bits per heavy atom. The molecule has 198 valence electrons. The molecule has 0 aromatic rings. The first-order valence-electron chi connectivity index (χ1n) is 13.0. The van der Waals surface area contributed by atoms with E-state index in [4.69, 9.17) is 0 Å². The highest BCUT2D eigenvalue weighted by atomic mass is 16.1. The van der Waals surface area contributed by atoms with Gasteiger partial charge in [-0.25, -0.2) is 0 Å². The van der Waals surface area contributed by atoms with Crippen LogP contribution in [0.5, 0.6) is 0 Å². The number of nitrogens with one attached hydrogen (secondary N) is 4. The van der Waals surface area contributed by atoms with Gasteiger partial charge < -0.3 is 21.3 Å². The minimum Gasteiger partial charge on any atom is -0.311 e. The topological polar surface area (TPSA) is 116 Å². The van der Waals surface area contributed by atoms with E-state index < -0.39 is 12.1 Å². The van der Waals surface area contributed by atoms with Gasteiger partial charge in [0, 0.05) is 0 Å². The lowest BCUT2D eigenvalue weighted by atomic mass is 9.98. The van der Waals surface area contributed by atoms with Crippen LogP contribution in [0.25, 0.3) is 0 Å². The second-order valence-electron chi connectivity index (χ2n) is 9.73. The van der Waals surface area contributed by atoms with Gasteiger partial charge in [-0.1, -0.05) is 53.4 Å². The van der Waals surface area contributed by atoms with Crippen LogP contribution < -0.4 is 21.3 Å². The van der Waals surface area contributed by atoms with Gasteiger partial charge in [0.05, 0.1) is 43.8 Å². The summed E-state index contributed by atoms with van der Waals surface area (Å²) >= 11 is 0. The Morgan fingerprint density at radius 2 is 1.12 bits per heavy atom. The Morgan fingerprint density at radius 3 is 1.59 bits per heavy atom. The highest BCUT2D eigenvalue weighted by molar-refractivity contribution is 5.90. The van der Waals surface area contributed by atoms with Crippen molar-refractivity contribution in [2.75, 3.05) is 26.7 Å². The molecule has 0 fully saturated rings. The molecule has 0 aliphatic carbocycles. The van der Waals surface area contributed by atoms with Crippen LogP contribution in [0.15, 0.2) is 0 Å². The molecule has 0 amide bonds. The molecule has 0 heterocycles. The van der Waals surface area contributed by atoms with E-state index in [9.17, 15) is 19.2 Å². The summed E-state index contributed by atoms with van der Waals surface area (Å²) in [4.78, 5) is 49.8. The van der Waals surface area contributed by atoms with Gasteiger partial charge in [0.25, 0.3) is 0 Å². The molecule has 0 bridgehead atoms. The number of carbonyl (C=O) groups excluding carboxylic acids is 4. The van der Waals surface area contributed by atoms with Crippen molar-refractivity contribution in [2.45, 2.75) is 111 Å². The van der Waals surface area contributed by atoms with Crippen LogP contribution in [0.4, 0.5) is 0 Å². The lowest BCUT2D eigenvalue weighted by Crippen LogP contribution is -2.50. The van der Waals surface area contributed by atoms with E-state index in [1.807, 2.05) is 13.8 Å². The minimum absolute atomic E-state index is 0.0223. The molecule has 0 aromatic carbocycles. The maximum atomic E-state index is 13.0. The zero-order valence-corrected chi connectivity index (χ0v) is 22.6. The van der Waals surface area contributed by atoms with Crippen LogP contribution in [-0.4, -0.2) is 74.0 Å². The number of rotatable bonds is 22. The largest absolute Gasteiger partial charge is 0.311 e. The minimum atomic E-state index is -0.466. The molecule has 0 saturated carbocycles. The molecule has 0 rings (SSSR count). The van der Waals surface area contributed by atoms with Crippen molar-refractivity contribution in [1.82, 2.24) is 21.3 Å². The average Bonchev–Trinajstić information content (AvgIpc) is 2.79. The quantitative estimate of drug-likeness (QED) is 0.186. The SMILES string of the molecule is CCCC[C@H](NC)C(=O)CN[C@@H](CCCC)C(=O)CN[C@@H](CC(C)C)C(=O)CN[C@@H](C)C(C)=O. The summed E-state index contributed by atoms with van der Waals surface area (Å²) in [5, 5.41) is 12.4. The number of carbonyl (C=O) groups is 4. The van der Waals surface area contributed by atoms with Crippen LogP contribution in [0.2, 0.25) is 0 Å². The first-order chi connectivity index (χ1) is 16.1. The van der Waals surface area contributed by atoms with Crippen molar-refractivity contribution in [1.29, 1.82) is 0 Å². The van der Waals surface area contributed by atoms with Gasteiger partial charge in [-0.3, -0.25) is 19.2 Å². The summed E-state index contributed by atoms with van der Waals surface area (Å²) in [6, 6.07) is -1.48. The van der Waals surface area contributed by atoms with Gasteiger partial charge >= 0.3 is 0 Å². The van der Waals surface area contributed by atoms with Crippen LogP contribution in [-0.2, 0) is 19.2 Å². The molecular weight excluding hydrogens is 432 g/mol. The van der Waals surface area contributed by atoms with Gasteiger partial charge in [-0.2, -0.15) is 0 Å². The molecule has 34 heavy (non-hydrogen) atoms. The van der Waals surface area contributed by atoms with Gasteiger partial charge in [0.15, 0.2) is 17.3 Å². The molecular formula is C26H50N4O4. The summed E-state index contributed by atoms with van der Waals surface area (Å²) in [7, 11) is 1.79. The Labute approximate surface area is 207 Å². The smallest absolute Gasteiger partial charge is 0.163 e. The fourth-order valence-corrected chi connectivity index (χ4v) is 3.67. The highest BCUT2D eigenvalue weighted by Crippen LogP contribution is 2.08. The summed E-state index contributed by atoms with van der Waals surface area (Å²) in [6.45, 7) is 11.7. The first kappa shape index (κ1) is 32.5. The second-order valence-corrected chi connectivity index (χ2v) is 9.73. The number of hydrogen-bond acceptors (Lipinski definition) is 8. The maximum Gasteiger partial charge on any atom is 0.163 e. The fourth-order valence-electron chi connectivity index (χ4n) is 3.67. The Kier molecular flexibility index (Phi) is 18.0. The van der Waals surface area contributed by atoms with E-state index in [-0.39, 0.29) is 60.8 Å². The summed E-state index contributed by atoms with van der Waals surface area (Å²) < 4.78 is 0. The van der Waals surface area contributed by atoms with Crippen molar-refractivity contribution in [3.8, 4) is 0 Å². The predicted molar refractivity (Wildman–Crippen MR) is 138 cm³/mol. The molecule has 0 radical (unpaired) electrons. The number of Topliss-reactive ketones (excluding diaryl/α,β-unsaturated/α-hetero) is 4. The van der Waals surface area contributed by atoms with Gasteiger partial charge in [-0.05, 0) is 46.1 Å². The zero-order valence-electron chi connectivity index (χ0n) is 22.6. The van der Waals surface area contributed by atoms with E-state index in [2.05, 4.69) is 35.1 Å². The molecule has 8 nitrogen and oxygen atoms in total. The van der Waals surface area contributed by atoms with Gasteiger partial charge in [-0.15, -0.1) is 0 Å². The van der Waals surface area contributed by atoms with Crippen molar-refractivity contribution in [3.05, 3.63) is 0 Å². The zero-order chi connectivity index (χ0) is 26.1. The third-order valence-corrected chi connectivity index (χ3v) is 6.15. The third kappa shape index (κ3) is 14.0. The summed E-state index contributed by atoms with van der Waals surface area (Å²) in [5.74, 6) is 0.218. The molecule has 4 atom stereocenters. The fraction of sp³-hybridized carbons (Fsp3) is 0.846. The molecule has 0 aromatic heterocycles. The number of hydrogen-bond donors (Lipinski definition) is 4. The summed E-state index contributed by atoms with van der Waals surface area (Å²) in [6.07, 6.45) is 5.89. The van der Waals surface area contributed by atoms with Gasteiger partial charge in [0.1, 0.15) is 5.78 Å². The summed E-state index contributed by atoms with van der Waals surface area (Å²) in [5.41, 5.74) is 0. The molecule has 0 aliphatic rings. The van der Waals surface area contributed by atoms with E-state index in [0.717, 1.165) is 32.1 Å². The Hall–Kier alpha value is -1.48. The highest BCUT2D eigenvalue weighted by Gasteiger charge is 2.25. The van der Waals surface area contributed by atoms with Crippen LogP contribution >= 0.6 is 0 Å². The van der Waals surface area contributed by atoms with E-state index in [1.165, 1.54) is 6.92 Å². The molecule has 4 N–H and O–H groups in total. The Bertz CT molecular complexity index is 624. The molecule has 0 aliphatic heterocycles. The molecule has 8 heteroatoms. The van der Waals surface area contributed by atoms with Crippen molar-refractivity contribution in [2.24, 2.45) is 5.92 Å². The van der Waals surface area contributed by atoms with Crippen molar-refractivity contribution >= 4 is 23.1 Å². The number of unbranched alkanes of at least 4 members (excludes halogenated alkanes) is 2. The van der Waals surface area contributed by atoms with Crippen LogP contribution in [0.1, 0.15) is 86.5 Å². The van der Waals surface area contributed by atoms with Gasteiger partial charge in [0.2, 0.25) is 0 Å². The second kappa shape index (κ2) is 18.8. The van der Waals surface area contributed by atoms with Crippen molar-refractivity contribution in [3.63, 3.8) is 0 Å². The monoisotopic (exact) mass is 482 g/mol. The van der Waals surface area contributed by atoms with Crippen LogP contribution in [0.3, 0.4) is 0 Å². The van der Waals surface area contributed by atoms with E-state index in [1.54, 1.807) is 14.0 Å². The van der Waals surface area contributed by atoms with Crippen molar-refractivity contribution < 1.29 is 19.2 Å². The predicted octanol–water partition coefficient (Wildman–Crippen LogP) is 2.19. The lowest BCUT2D eigenvalue weighted by molar-refractivity contribution is -0.122. The van der Waals surface area contributed by atoms with Crippen LogP contribution in [0, 0.1) is 5.92 Å². The standard InChI is InChI=1S/C26H50N4O4/c1-8-10-12-21(27-7)24(32)16-29-22(13-11-9-2)25(33)17-30-23(14-18(3)4)26(34)15-28-19(5)20(6)31/h18-19,21-23,27-30H,8-17H2,1-7H3/t19-,21-,22-,23-/m0/s1. The van der Waals surface area contributed by atoms with E-state index >= 15 is 0 Å². The average molecular weight is 483 g/mol. The molecule has 0 saturated heterocycles. The molecule has 0 spiro atoms. The number of ketones is 4. The van der Waals surface area contributed by atoms with E-state index in [0.29, 0.717) is 12.8 Å².